The molecule has 4 aromatic rings. The summed E-state index contributed by atoms with van der Waals surface area (Å²) < 4.78 is 11.9. The van der Waals surface area contributed by atoms with E-state index >= 15 is 0 Å². The number of aromatic hydroxyl groups is 1. The Kier molecular flexibility index (Phi) is 7.53. The second-order valence-electron chi connectivity index (χ2n) is 9.79. The second-order valence-corrected chi connectivity index (χ2v) is 10.2. The molecular weight excluding hydrogens is 514 g/mol. The molecule has 202 valence electrons. The molecule has 2 N–H and O–H groups in total. The first-order chi connectivity index (χ1) is 18.8. The van der Waals surface area contributed by atoms with Crippen molar-refractivity contribution in [2.24, 2.45) is 0 Å². The van der Waals surface area contributed by atoms with Gasteiger partial charge in [-0.1, -0.05) is 54.4 Å². The number of phenolic OH excluding ortho intramolecular Hbond substituents is 1. The molecule has 5 rings (SSSR count). The van der Waals surface area contributed by atoms with Crippen LogP contribution < -0.4 is 9.47 Å². The predicted molar refractivity (Wildman–Crippen MR) is 152 cm³/mol. The number of carbonyl (C=O) groups is 1. The van der Waals surface area contributed by atoms with Crippen LogP contribution in [0, 0.1) is 13.8 Å². The number of carbonyl (C=O) groups excluding carboxylic acids is 1. The first-order valence-electron chi connectivity index (χ1n) is 13.2. The van der Waals surface area contributed by atoms with Crippen molar-refractivity contribution in [2.75, 3.05) is 13.2 Å². The van der Waals surface area contributed by atoms with Crippen molar-refractivity contribution in [3.05, 3.63) is 93.1 Å². The van der Waals surface area contributed by atoms with E-state index in [1.165, 1.54) is 0 Å². The Morgan fingerprint density at radius 2 is 1.79 bits per heavy atom. The highest BCUT2D eigenvalue weighted by Crippen LogP contribution is 2.47. The number of hydrogen-bond acceptors (Lipinski definition) is 5. The molecule has 0 bridgehead atoms. The van der Waals surface area contributed by atoms with Crippen molar-refractivity contribution in [3.63, 3.8) is 0 Å². The fourth-order valence-electron chi connectivity index (χ4n) is 4.95. The summed E-state index contributed by atoms with van der Waals surface area (Å²) in [4.78, 5) is 15.7. The molecule has 7 nitrogen and oxygen atoms in total. The molecule has 1 aromatic heterocycles. The molecule has 0 fully saturated rings. The Morgan fingerprint density at radius 1 is 1.03 bits per heavy atom. The summed E-state index contributed by atoms with van der Waals surface area (Å²) in [7, 11) is 0. The fourth-order valence-corrected chi connectivity index (χ4v) is 5.12. The van der Waals surface area contributed by atoms with E-state index in [0.29, 0.717) is 58.8 Å². The summed E-state index contributed by atoms with van der Waals surface area (Å²) in [5.74, 6) is 1.15. The fraction of sp³-hybridized carbons (Fsp3) is 0.290. The summed E-state index contributed by atoms with van der Waals surface area (Å²) in [6.07, 6.45) is 0.874. The smallest absolute Gasteiger partial charge is 0.273 e. The van der Waals surface area contributed by atoms with Gasteiger partial charge in [0.15, 0.2) is 11.5 Å². The van der Waals surface area contributed by atoms with E-state index in [9.17, 15) is 9.90 Å². The van der Waals surface area contributed by atoms with Gasteiger partial charge in [-0.3, -0.25) is 9.89 Å². The Bertz CT molecular complexity index is 1510. The van der Waals surface area contributed by atoms with Gasteiger partial charge in [0, 0.05) is 22.7 Å². The minimum absolute atomic E-state index is 0.0488. The number of aryl methyl sites for hydroxylation is 2. The maximum atomic E-state index is 13.8. The van der Waals surface area contributed by atoms with Crippen LogP contribution in [0.4, 0.5) is 0 Å². The second kappa shape index (κ2) is 11.0. The maximum absolute atomic E-state index is 13.8. The zero-order valence-electron chi connectivity index (χ0n) is 22.5. The molecule has 1 aliphatic rings. The van der Waals surface area contributed by atoms with Gasteiger partial charge in [-0.2, -0.15) is 5.10 Å². The molecular formula is C31H32ClN3O4. The number of aromatic nitrogens is 2. The number of nitrogens with zero attached hydrogens (tertiary/aromatic N) is 2. The van der Waals surface area contributed by atoms with Crippen LogP contribution in [0.25, 0.3) is 11.3 Å². The Hall–Kier alpha value is -3.97. The number of benzene rings is 3. The molecule has 1 unspecified atom stereocenters. The van der Waals surface area contributed by atoms with Crippen LogP contribution in [0.5, 0.6) is 17.2 Å². The van der Waals surface area contributed by atoms with Crippen LogP contribution in [0.3, 0.4) is 0 Å². The van der Waals surface area contributed by atoms with Crippen LogP contribution in [-0.2, 0) is 6.54 Å². The summed E-state index contributed by atoms with van der Waals surface area (Å²) in [6, 6.07) is 16.7. The van der Waals surface area contributed by atoms with E-state index in [4.69, 9.17) is 21.1 Å². The summed E-state index contributed by atoms with van der Waals surface area (Å²) in [5.41, 5.74) is 5.78. The van der Waals surface area contributed by atoms with E-state index in [1.54, 1.807) is 12.1 Å². The number of hydrogen-bond donors (Lipinski definition) is 2. The van der Waals surface area contributed by atoms with Gasteiger partial charge >= 0.3 is 0 Å². The predicted octanol–water partition coefficient (Wildman–Crippen LogP) is 6.99. The van der Waals surface area contributed by atoms with Crippen molar-refractivity contribution < 1.29 is 19.4 Å². The van der Waals surface area contributed by atoms with Gasteiger partial charge in [-0.25, -0.2) is 0 Å². The lowest BCUT2D eigenvalue weighted by Gasteiger charge is -2.27. The Balaban J connectivity index is 1.66. The van der Waals surface area contributed by atoms with E-state index in [2.05, 4.69) is 17.1 Å². The minimum atomic E-state index is -0.485. The normalized spacial score (nSPS) is 14.5. The van der Waals surface area contributed by atoms with Crippen LogP contribution in [-0.4, -0.2) is 39.3 Å². The number of nitrogens with one attached hydrogen (secondary N) is 1. The molecule has 1 aliphatic heterocycles. The molecule has 0 saturated carbocycles. The molecule has 0 aliphatic carbocycles. The number of ether oxygens (including phenoxy) is 2. The van der Waals surface area contributed by atoms with Crippen molar-refractivity contribution in [2.45, 2.75) is 46.7 Å². The molecule has 39 heavy (non-hydrogen) atoms. The lowest BCUT2D eigenvalue weighted by molar-refractivity contribution is 0.0729. The first kappa shape index (κ1) is 26.6. The van der Waals surface area contributed by atoms with Gasteiger partial charge in [0.1, 0.15) is 17.1 Å². The molecule has 1 atom stereocenters. The van der Waals surface area contributed by atoms with Gasteiger partial charge in [0.05, 0.1) is 19.3 Å². The first-order valence-corrected chi connectivity index (χ1v) is 13.5. The number of amides is 1. The molecule has 0 spiro atoms. The third-order valence-corrected chi connectivity index (χ3v) is 7.32. The summed E-state index contributed by atoms with van der Waals surface area (Å²) >= 11 is 6.44. The zero-order chi connectivity index (χ0) is 27.7. The average molecular weight is 546 g/mol. The van der Waals surface area contributed by atoms with Gasteiger partial charge in [0.2, 0.25) is 0 Å². The molecule has 8 heteroatoms. The van der Waals surface area contributed by atoms with E-state index in [1.807, 2.05) is 68.1 Å². The van der Waals surface area contributed by atoms with E-state index < -0.39 is 6.04 Å². The zero-order valence-corrected chi connectivity index (χ0v) is 23.3. The SMILES string of the molecule is CCCOc1ccc(C2c3c(-c4cc(Cl)c(C)cc4O)n[nH]c3C(=O)N2Cc2ccc(C)cc2)cc1OCC. The van der Waals surface area contributed by atoms with Crippen LogP contribution in [0.2, 0.25) is 5.02 Å². The van der Waals surface area contributed by atoms with E-state index in [0.717, 1.165) is 28.7 Å². The minimum Gasteiger partial charge on any atom is -0.507 e. The highest BCUT2D eigenvalue weighted by molar-refractivity contribution is 6.31. The third-order valence-electron chi connectivity index (χ3n) is 6.91. The van der Waals surface area contributed by atoms with E-state index in [-0.39, 0.29) is 11.7 Å². The highest BCUT2D eigenvalue weighted by Gasteiger charge is 2.43. The maximum Gasteiger partial charge on any atom is 0.273 e. The van der Waals surface area contributed by atoms with Crippen molar-refractivity contribution in [1.29, 1.82) is 0 Å². The molecule has 3 aromatic carbocycles. The van der Waals surface area contributed by atoms with Crippen LogP contribution in [0.15, 0.2) is 54.6 Å². The number of fused-ring (bicyclic) bond motifs is 1. The molecule has 0 radical (unpaired) electrons. The van der Waals surface area contributed by atoms with Gasteiger partial charge < -0.3 is 19.5 Å². The number of halogens is 1. The lowest BCUT2D eigenvalue weighted by Crippen LogP contribution is -2.29. The van der Waals surface area contributed by atoms with Crippen LogP contribution in [0.1, 0.15) is 64.6 Å². The molecule has 2 heterocycles. The Labute approximate surface area is 233 Å². The number of aromatic amines is 1. The van der Waals surface area contributed by atoms with Crippen LogP contribution >= 0.6 is 11.6 Å². The van der Waals surface area contributed by atoms with Crippen molar-refractivity contribution in [3.8, 4) is 28.5 Å². The van der Waals surface area contributed by atoms with Gasteiger partial charge in [0.25, 0.3) is 5.91 Å². The monoisotopic (exact) mass is 545 g/mol. The van der Waals surface area contributed by atoms with Gasteiger partial charge in [-0.05, 0) is 68.1 Å². The standard InChI is InChI=1S/C31H32ClN3O4/c1-5-13-39-25-12-11-21(15-26(25)38-6-2)30-27-28(22-16-23(32)19(4)14-24(22)36)33-34-29(27)31(37)35(30)17-20-9-7-18(3)8-10-20/h7-12,14-16,30,36H,5-6,13,17H2,1-4H3,(H,33,34). The highest BCUT2D eigenvalue weighted by atomic mass is 35.5. The number of rotatable bonds is 9. The summed E-state index contributed by atoms with van der Waals surface area (Å²) in [5, 5.41) is 18.8. The molecule has 0 saturated heterocycles. The summed E-state index contributed by atoms with van der Waals surface area (Å²) in [6.45, 7) is 9.28. The quantitative estimate of drug-likeness (QED) is 0.237. The number of phenols is 1. The number of H-pyrrole nitrogens is 1. The van der Waals surface area contributed by atoms with Crippen molar-refractivity contribution in [1.82, 2.24) is 15.1 Å². The Morgan fingerprint density at radius 3 is 2.51 bits per heavy atom. The third kappa shape index (κ3) is 5.06. The molecule has 1 amide bonds. The van der Waals surface area contributed by atoms with Gasteiger partial charge in [-0.15, -0.1) is 0 Å². The topological polar surface area (TPSA) is 87.7 Å². The lowest BCUT2D eigenvalue weighted by atomic mass is 9.94. The van der Waals surface area contributed by atoms with Crippen molar-refractivity contribution >= 4 is 17.5 Å². The average Bonchev–Trinajstić information content (AvgIpc) is 3.46. The largest absolute Gasteiger partial charge is 0.507 e.